The summed E-state index contributed by atoms with van der Waals surface area (Å²) in [7, 11) is -0.855. The van der Waals surface area contributed by atoms with Gasteiger partial charge >= 0.3 is 0 Å². The van der Waals surface area contributed by atoms with Gasteiger partial charge in [0.2, 0.25) is 0 Å². The van der Waals surface area contributed by atoms with Crippen molar-refractivity contribution in [3.05, 3.63) is 0 Å². The Kier molecular flexibility index (Phi) is 4.57. The summed E-state index contributed by atoms with van der Waals surface area (Å²) < 4.78 is 0. The maximum atomic E-state index is 6.71. The van der Waals surface area contributed by atoms with E-state index in [-0.39, 0.29) is 0 Å². The molecule has 3 aliphatic carbocycles. The lowest BCUT2D eigenvalue weighted by molar-refractivity contribution is 0.754. The summed E-state index contributed by atoms with van der Waals surface area (Å²) in [4.78, 5) is 0. The molecular weight excluding hydrogens is 259 g/mol. The summed E-state index contributed by atoms with van der Waals surface area (Å²) in [6.07, 6.45) is 18.2. The van der Waals surface area contributed by atoms with Gasteiger partial charge in [-0.3, -0.25) is 0 Å². The summed E-state index contributed by atoms with van der Waals surface area (Å²) in [5.41, 5.74) is 4.33. The van der Waals surface area contributed by atoms with Crippen LogP contribution in [0.2, 0.25) is 0 Å². The van der Waals surface area contributed by atoms with Crippen molar-refractivity contribution in [3.8, 4) is 0 Å². The monoisotopic (exact) mass is 287 g/mol. The van der Waals surface area contributed by atoms with Crippen LogP contribution in [0.25, 0.3) is 0 Å². The van der Waals surface area contributed by atoms with Crippen LogP contribution >= 0.6 is 18.9 Å². The molecule has 0 aromatic rings. The van der Waals surface area contributed by atoms with E-state index in [1.165, 1.54) is 77.0 Å². The Bertz CT molecular complexity index is 219. The molecule has 0 aromatic carbocycles. The van der Waals surface area contributed by atoms with Crippen LogP contribution < -0.4 is 0 Å². The third kappa shape index (κ3) is 2.26. The first-order valence-corrected chi connectivity index (χ1v) is 11.0. The van der Waals surface area contributed by atoms with Gasteiger partial charge in [-0.25, -0.2) is 0 Å². The van der Waals surface area contributed by atoms with E-state index < -0.39 is 7.26 Å². The Hall–Kier alpha value is 0.720. The first-order chi connectivity index (χ1) is 8.88. The van der Waals surface area contributed by atoms with Gasteiger partial charge in [-0.15, -0.1) is 0 Å². The average Bonchev–Trinajstić information content (AvgIpc) is 3.16. The molecule has 2 heteroatoms. The number of hydrogen-bond donors (Lipinski definition) is 0. The number of alkyl halides is 1. The summed E-state index contributed by atoms with van der Waals surface area (Å²) in [6, 6.07) is 0. The van der Waals surface area contributed by atoms with Gasteiger partial charge in [-0.2, -0.15) is 0 Å². The third-order valence-corrected chi connectivity index (χ3v) is 13.5. The number of halogens is 1. The van der Waals surface area contributed by atoms with Crippen molar-refractivity contribution in [2.45, 2.75) is 94.0 Å². The van der Waals surface area contributed by atoms with Crippen LogP contribution in [0.1, 0.15) is 77.0 Å². The summed E-state index contributed by atoms with van der Waals surface area (Å²) in [6.45, 7) is 0. The lowest BCUT2D eigenvalue weighted by Gasteiger charge is -2.41. The molecule has 0 nitrogen and oxygen atoms in total. The van der Waals surface area contributed by atoms with Crippen LogP contribution in [0.4, 0.5) is 0 Å². The van der Waals surface area contributed by atoms with Crippen molar-refractivity contribution in [1.82, 2.24) is 0 Å². The second-order valence-corrected chi connectivity index (χ2v) is 12.1. The summed E-state index contributed by atoms with van der Waals surface area (Å²) in [5.74, 6) is 0. The predicted octanol–water partition coefficient (Wildman–Crippen LogP) is 6.03. The van der Waals surface area contributed by atoms with Crippen LogP contribution in [0, 0.1) is 0 Å². The van der Waals surface area contributed by atoms with E-state index in [4.69, 9.17) is 11.6 Å². The molecule has 0 aromatic heterocycles. The zero-order valence-electron chi connectivity index (χ0n) is 11.7. The van der Waals surface area contributed by atoms with Crippen molar-refractivity contribution >= 4 is 18.9 Å². The van der Waals surface area contributed by atoms with Crippen LogP contribution in [-0.4, -0.2) is 22.6 Å². The summed E-state index contributed by atoms with van der Waals surface area (Å²) in [5, 5.41) is 0. The molecule has 0 heterocycles. The van der Waals surface area contributed by atoms with Gasteiger partial charge in [0, 0.05) is 7.26 Å². The Morgan fingerprint density at radius 3 is 1.11 bits per heavy atom. The minimum Gasteiger partial charge on any atom is -0.0821 e. The Balaban J connectivity index is 1.87. The molecule has 0 atom stereocenters. The first kappa shape index (κ1) is 13.7. The van der Waals surface area contributed by atoms with E-state index in [1.54, 1.807) is 0 Å². The normalized spacial score (nSPS) is 28.5. The van der Waals surface area contributed by atoms with Crippen LogP contribution in [-0.2, 0) is 0 Å². The van der Waals surface area contributed by atoms with E-state index in [2.05, 4.69) is 0 Å². The van der Waals surface area contributed by atoms with Crippen LogP contribution in [0.3, 0.4) is 0 Å². The highest BCUT2D eigenvalue weighted by atomic mass is 35.5. The molecule has 0 saturated heterocycles. The summed E-state index contributed by atoms with van der Waals surface area (Å²) >= 11 is 6.71. The molecule has 18 heavy (non-hydrogen) atoms. The highest BCUT2D eigenvalue weighted by Gasteiger charge is 2.57. The molecule has 0 N–H and O–H groups in total. The lowest BCUT2D eigenvalue weighted by Crippen LogP contribution is -2.29. The standard InChI is InChI=1S/C16H29ClP/c17-13-18(14-7-1-2-8-14,15-9-3-4-10-15)16-11-5-6-12-16/h14-16H,1-13H2/q+1. The molecule has 0 amide bonds. The van der Waals surface area contributed by atoms with E-state index in [0.29, 0.717) is 0 Å². The SMILES string of the molecule is ClC[P+](C1CCCC1)(C1CCCC1)C1CCCC1. The molecule has 3 aliphatic rings. The maximum Gasteiger partial charge on any atom is 0.133 e. The molecule has 0 radical (unpaired) electrons. The third-order valence-electron chi connectivity index (χ3n) is 6.22. The van der Waals surface area contributed by atoms with Gasteiger partial charge in [-0.05, 0) is 77.0 Å². The Morgan fingerprint density at radius 1 is 0.611 bits per heavy atom. The highest BCUT2D eigenvalue weighted by molar-refractivity contribution is 7.79. The van der Waals surface area contributed by atoms with Crippen molar-refractivity contribution in [1.29, 1.82) is 0 Å². The zero-order valence-corrected chi connectivity index (χ0v) is 13.4. The molecular formula is C16H29ClP+. The first-order valence-electron chi connectivity index (χ1n) is 8.31. The van der Waals surface area contributed by atoms with Gasteiger partial charge in [0.1, 0.15) is 5.62 Å². The van der Waals surface area contributed by atoms with E-state index in [9.17, 15) is 0 Å². The number of rotatable bonds is 4. The van der Waals surface area contributed by atoms with Crippen LogP contribution in [0.15, 0.2) is 0 Å². The van der Waals surface area contributed by atoms with Gasteiger partial charge in [0.15, 0.2) is 0 Å². The smallest absolute Gasteiger partial charge is 0.0821 e. The number of hydrogen-bond acceptors (Lipinski definition) is 0. The lowest BCUT2D eigenvalue weighted by atomic mass is 10.3. The second kappa shape index (κ2) is 6.01. The van der Waals surface area contributed by atoms with Gasteiger partial charge in [-0.1, -0.05) is 11.6 Å². The fraction of sp³-hybridized carbons (Fsp3) is 1.00. The van der Waals surface area contributed by atoms with Crippen molar-refractivity contribution in [2.24, 2.45) is 0 Å². The molecule has 3 saturated carbocycles. The Labute approximate surface area is 119 Å². The van der Waals surface area contributed by atoms with Crippen LogP contribution in [0.5, 0.6) is 0 Å². The predicted molar refractivity (Wildman–Crippen MR) is 84.4 cm³/mol. The minimum absolute atomic E-state index is 0.855. The van der Waals surface area contributed by atoms with E-state index >= 15 is 0 Å². The van der Waals surface area contributed by atoms with E-state index in [1.807, 2.05) is 0 Å². The molecule has 104 valence electrons. The van der Waals surface area contributed by atoms with Gasteiger partial charge in [0.05, 0.1) is 17.0 Å². The van der Waals surface area contributed by atoms with Gasteiger partial charge in [0.25, 0.3) is 0 Å². The van der Waals surface area contributed by atoms with Gasteiger partial charge < -0.3 is 0 Å². The van der Waals surface area contributed by atoms with E-state index in [0.717, 1.165) is 22.6 Å². The molecule has 3 rings (SSSR count). The average molecular weight is 288 g/mol. The molecule has 0 unspecified atom stereocenters. The topological polar surface area (TPSA) is 0 Å². The molecule has 0 bridgehead atoms. The van der Waals surface area contributed by atoms with Crippen molar-refractivity contribution in [3.63, 3.8) is 0 Å². The van der Waals surface area contributed by atoms with Crippen molar-refractivity contribution in [2.75, 3.05) is 5.62 Å². The zero-order chi connectivity index (χ0) is 12.4. The van der Waals surface area contributed by atoms with Crippen molar-refractivity contribution < 1.29 is 0 Å². The Morgan fingerprint density at radius 2 is 0.889 bits per heavy atom. The fourth-order valence-electron chi connectivity index (χ4n) is 5.34. The minimum atomic E-state index is -0.855. The fourth-order valence-corrected chi connectivity index (χ4v) is 13.5. The quantitative estimate of drug-likeness (QED) is 0.437. The largest absolute Gasteiger partial charge is 0.133 e. The molecule has 0 aliphatic heterocycles. The molecule has 3 fully saturated rings. The molecule has 0 spiro atoms. The highest BCUT2D eigenvalue weighted by Crippen LogP contribution is 2.78. The second-order valence-electron chi connectivity index (χ2n) is 6.93. The maximum absolute atomic E-state index is 6.71.